The lowest BCUT2D eigenvalue weighted by Gasteiger charge is -2.31. The van der Waals surface area contributed by atoms with Gasteiger partial charge in [-0.3, -0.25) is 4.79 Å². The molecule has 0 spiro atoms. The highest BCUT2D eigenvalue weighted by atomic mass is 79.9. The fourth-order valence-corrected chi connectivity index (χ4v) is 2.92. The topological polar surface area (TPSA) is 67.9 Å². The maximum atomic E-state index is 12.4. The van der Waals surface area contributed by atoms with Crippen LogP contribution in [0.4, 0.5) is 4.79 Å². The van der Waals surface area contributed by atoms with E-state index in [1.54, 1.807) is 37.1 Å². The number of carbonyl (C=O) groups excluding carboxylic acids is 2. The molecule has 0 aromatic heterocycles. The van der Waals surface area contributed by atoms with Gasteiger partial charge in [0.2, 0.25) is 0 Å². The molecule has 23 heavy (non-hydrogen) atoms. The van der Waals surface area contributed by atoms with E-state index in [-0.39, 0.29) is 18.0 Å². The lowest BCUT2D eigenvalue weighted by atomic mass is 10.0. The Labute approximate surface area is 144 Å². The fourth-order valence-electron chi connectivity index (χ4n) is 2.49. The lowest BCUT2D eigenvalue weighted by molar-refractivity contribution is 0.0859. The molecule has 1 saturated heterocycles. The first-order chi connectivity index (χ1) is 11.0. The smallest absolute Gasteiger partial charge is 0.409 e. The molecule has 0 aliphatic carbocycles. The van der Waals surface area contributed by atoms with Crippen LogP contribution in [0.2, 0.25) is 0 Å². The van der Waals surface area contributed by atoms with Crippen molar-refractivity contribution in [2.75, 3.05) is 26.8 Å². The van der Waals surface area contributed by atoms with Crippen LogP contribution >= 0.6 is 15.9 Å². The molecule has 1 fully saturated rings. The summed E-state index contributed by atoms with van der Waals surface area (Å²) >= 11 is 3.39. The molecule has 1 aromatic carbocycles. The van der Waals surface area contributed by atoms with Gasteiger partial charge in [0, 0.05) is 23.6 Å². The number of benzene rings is 1. The summed E-state index contributed by atoms with van der Waals surface area (Å²) in [6, 6.07) is 5.33. The largest absolute Gasteiger partial charge is 0.497 e. The van der Waals surface area contributed by atoms with Crippen molar-refractivity contribution in [3.05, 3.63) is 28.2 Å². The van der Waals surface area contributed by atoms with Gasteiger partial charge in [-0.1, -0.05) is 0 Å². The van der Waals surface area contributed by atoms with Crippen molar-refractivity contribution in [1.82, 2.24) is 10.2 Å². The quantitative estimate of drug-likeness (QED) is 0.866. The van der Waals surface area contributed by atoms with Crippen molar-refractivity contribution in [3.8, 4) is 5.75 Å². The van der Waals surface area contributed by atoms with Crippen LogP contribution in [-0.2, 0) is 4.74 Å². The number of nitrogens with one attached hydrogen (secondary N) is 1. The molecular formula is C16H21BrN2O4. The molecule has 126 valence electrons. The van der Waals surface area contributed by atoms with E-state index in [0.29, 0.717) is 43.9 Å². The van der Waals surface area contributed by atoms with Gasteiger partial charge in [-0.25, -0.2) is 4.79 Å². The third-order valence-corrected chi connectivity index (χ3v) is 4.47. The minimum atomic E-state index is -0.284. The average Bonchev–Trinajstić information content (AvgIpc) is 2.56. The summed E-state index contributed by atoms with van der Waals surface area (Å²) in [6.07, 6.45) is 1.14. The third kappa shape index (κ3) is 4.60. The molecule has 0 radical (unpaired) electrons. The lowest BCUT2D eigenvalue weighted by Crippen LogP contribution is -2.46. The Morgan fingerprint density at radius 3 is 2.65 bits per heavy atom. The molecule has 0 atom stereocenters. The Hall–Kier alpha value is -1.76. The molecule has 1 heterocycles. The number of methoxy groups -OCH3 is 1. The van der Waals surface area contributed by atoms with Crippen LogP contribution in [0.15, 0.2) is 22.7 Å². The second-order valence-corrected chi connectivity index (χ2v) is 6.13. The zero-order valence-corrected chi connectivity index (χ0v) is 14.9. The van der Waals surface area contributed by atoms with E-state index < -0.39 is 0 Å². The van der Waals surface area contributed by atoms with Gasteiger partial charge in [-0.15, -0.1) is 0 Å². The van der Waals surface area contributed by atoms with E-state index in [9.17, 15) is 9.59 Å². The number of halogens is 1. The SMILES string of the molecule is CCOC(=O)N1CCC(NC(=O)c2cc(OC)ccc2Br)CC1. The summed E-state index contributed by atoms with van der Waals surface area (Å²) in [5, 5.41) is 3.02. The Bertz CT molecular complexity index is 571. The summed E-state index contributed by atoms with van der Waals surface area (Å²) in [5.74, 6) is 0.487. The Balaban J connectivity index is 1.91. The van der Waals surface area contributed by atoms with Crippen LogP contribution in [0.1, 0.15) is 30.1 Å². The summed E-state index contributed by atoms with van der Waals surface area (Å²) < 4.78 is 10.9. The van der Waals surface area contributed by atoms with Crippen molar-refractivity contribution in [2.24, 2.45) is 0 Å². The minimum absolute atomic E-state index is 0.0475. The maximum Gasteiger partial charge on any atom is 0.409 e. The summed E-state index contributed by atoms with van der Waals surface area (Å²) in [4.78, 5) is 25.8. The molecule has 1 aromatic rings. The van der Waals surface area contributed by atoms with E-state index in [4.69, 9.17) is 9.47 Å². The van der Waals surface area contributed by atoms with Gasteiger partial charge in [0.25, 0.3) is 5.91 Å². The number of likely N-dealkylation sites (tertiary alicyclic amines) is 1. The second-order valence-electron chi connectivity index (χ2n) is 5.28. The summed E-state index contributed by atoms with van der Waals surface area (Å²) in [7, 11) is 1.57. The van der Waals surface area contributed by atoms with Gasteiger partial charge in [0.15, 0.2) is 0 Å². The molecule has 0 bridgehead atoms. The number of amides is 2. The standard InChI is InChI=1S/C16H21BrN2O4/c1-3-23-16(21)19-8-6-11(7-9-19)18-15(20)13-10-12(22-2)4-5-14(13)17/h4-5,10-11H,3,6-9H2,1-2H3,(H,18,20). The number of hydrogen-bond donors (Lipinski definition) is 1. The molecule has 1 N–H and O–H groups in total. The first-order valence-electron chi connectivity index (χ1n) is 7.61. The zero-order valence-electron chi connectivity index (χ0n) is 13.3. The van der Waals surface area contributed by atoms with E-state index >= 15 is 0 Å². The van der Waals surface area contributed by atoms with Crippen molar-refractivity contribution >= 4 is 27.9 Å². The van der Waals surface area contributed by atoms with Crippen molar-refractivity contribution in [3.63, 3.8) is 0 Å². The monoisotopic (exact) mass is 384 g/mol. The maximum absolute atomic E-state index is 12.4. The molecule has 7 heteroatoms. The number of piperidine rings is 1. The Morgan fingerprint density at radius 1 is 1.35 bits per heavy atom. The second kappa shape index (κ2) is 8.19. The number of hydrogen-bond acceptors (Lipinski definition) is 4. The molecular weight excluding hydrogens is 364 g/mol. The minimum Gasteiger partial charge on any atom is -0.497 e. The first kappa shape index (κ1) is 17.6. The van der Waals surface area contributed by atoms with Crippen LogP contribution in [0, 0.1) is 0 Å². The van der Waals surface area contributed by atoms with Crippen molar-refractivity contribution in [2.45, 2.75) is 25.8 Å². The molecule has 0 unspecified atom stereocenters. The Morgan fingerprint density at radius 2 is 2.04 bits per heavy atom. The molecule has 6 nitrogen and oxygen atoms in total. The van der Waals surface area contributed by atoms with E-state index in [1.807, 2.05) is 0 Å². The Kier molecular flexibility index (Phi) is 6.27. The van der Waals surface area contributed by atoms with Crippen LogP contribution in [-0.4, -0.2) is 49.7 Å². The summed E-state index contributed by atoms with van der Waals surface area (Å²) in [6.45, 7) is 3.34. The number of ether oxygens (including phenoxy) is 2. The third-order valence-electron chi connectivity index (χ3n) is 3.77. The fraction of sp³-hybridized carbons (Fsp3) is 0.500. The molecule has 1 aliphatic heterocycles. The number of carbonyl (C=O) groups is 2. The zero-order chi connectivity index (χ0) is 16.8. The van der Waals surface area contributed by atoms with Crippen molar-refractivity contribution in [1.29, 1.82) is 0 Å². The first-order valence-corrected chi connectivity index (χ1v) is 8.40. The highest BCUT2D eigenvalue weighted by Gasteiger charge is 2.25. The van der Waals surface area contributed by atoms with Crippen LogP contribution in [0.3, 0.4) is 0 Å². The molecule has 1 aliphatic rings. The van der Waals surface area contributed by atoms with E-state index in [0.717, 1.165) is 4.47 Å². The number of rotatable bonds is 4. The normalized spacial score (nSPS) is 15.2. The molecule has 2 amide bonds. The van der Waals surface area contributed by atoms with Gasteiger partial charge in [-0.2, -0.15) is 0 Å². The predicted octanol–water partition coefficient (Wildman–Crippen LogP) is 2.81. The number of nitrogens with zero attached hydrogens (tertiary/aromatic N) is 1. The van der Waals surface area contributed by atoms with Gasteiger partial charge >= 0.3 is 6.09 Å². The van der Waals surface area contributed by atoms with Gasteiger partial charge in [0.05, 0.1) is 19.3 Å². The molecule has 2 rings (SSSR count). The van der Waals surface area contributed by atoms with Crippen LogP contribution in [0.5, 0.6) is 5.75 Å². The van der Waals surface area contributed by atoms with E-state index in [2.05, 4.69) is 21.2 Å². The van der Waals surface area contributed by atoms with E-state index in [1.165, 1.54) is 0 Å². The van der Waals surface area contributed by atoms with Gasteiger partial charge < -0.3 is 19.7 Å². The van der Waals surface area contributed by atoms with Crippen molar-refractivity contribution < 1.29 is 19.1 Å². The van der Waals surface area contributed by atoms with Crippen LogP contribution in [0.25, 0.3) is 0 Å². The predicted molar refractivity (Wildman–Crippen MR) is 89.8 cm³/mol. The van der Waals surface area contributed by atoms with Crippen LogP contribution < -0.4 is 10.1 Å². The van der Waals surface area contributed by atoms with Gasteiger partial charge in [-0.05, 0) is 53.9 Å². The summed E-state index contributed by atoms with van der Waals surface area (Å²) in [5.41, 5.74) is 0.539. The molecule has 0 saturated carbocycles. The van der Waals surface area contributed by atoms with Gasteiger partial charge in [0.1, 0.15) is 5.75 Å². The average molecular weight is 385 g/mol. The highest BCUT2D eigenvalue weighted by Crippen LogP contribution is 2.23. The highest BCUT2D eigenvalue weighted by molar-refractivity contribution is 9.10.